The number of likely N-dealkylation sites (tertiary alicyclic amines) is 1. The van der Waals surface area contributed by atoms with Crippen molar-refractivity contribution in [2.24, 2.45) is 5.92 Å². The van der Waals surface area contributed by atoms with Crippen molar-refractivity contribution in [1.82, 2.24) is 4.90 Å². The van der Waals surface area contributed by atoms with Crippen LogP contribution in [0.25, 0.3) is 0 Å². The van der Waals surface area contributed by atoms with Crippen LogP contribution < -0.4 is 9.47 Å². The summed E-state index contributed by atoms with van der Waals surface area (Å²) in [5.41, 5.74) is 1.94. The van der Waals surface area contributed by atoms with Gasteiger partial charge in [-0.15, -0.1) is 0 Å². The van der Waals surface area contributed by atoms with Gasteiger partial charge in [-0.05, 0) is 35.4 Å². The molecule has 0 aromatic heterocycles. The van der Waals surface area contributed by atoms with Crippen LogP contribution >= 0.6 is 0 Å². The van der Waals surface area contributed by atoms with Gasteiger partial charge in [-0.3, -0.25) is 9.69 Å². The fourth-order valence-electron chi connectivity index (χ4n) is 2.74. The summed E-state index contributed by atoms with van der Waals surface area (Å²) in [5.74, 6) is -0.174. The Balaban J connectivity index is 1.45. The van der Waals surface area contributed by atoms with Crippen LogP contribution in [-0.4, -0.2) is 35.7 Å². The van der Waals surface area contributed by atoms with E-state index in [1.807, 2.05) is 24.3 Å². The van der Waals surface area contributed by atoms with Gasteiger partial charge in [-0.25, -0.2) is 0 Å². The molecule has 1 fully saturated rings. The highest BCUT2D eigenvalue weighted by molar-refractivity contribution is 5.71. The molecule has 5 nitrogen and oxygen atoms in total. The first-order valence-electron chi connectivity index (χ1n) is 8.20. The van der Waals surface area contributed by atoms with Gasteiger partial charge >= 0.3 is 12.6 Å². The van der Waals surface area contributed by atoms with Gasteiger partial charge in [-0.1, -0.05) is 24.3 Å². The highest BCUT2D eigenvalue weighted by atomic mass is 19.3. The number of aliphatic carboxylic acids is 1. The number of hydrogen-bond acceptors (Lipinski definition) is 4. The van der Waals surface area contributed by atoms with E-state index in [9.17, 15) is 13.6 Å². The zero-order valence-corrected chi connectivity index (χ0v) is 14.0. The quantitative estimate of drug-likeness (QED) is 0.779. The Morgan fingerprint density at radius 1 is 1.04 bits per heavy atom. The lowest BCUT2D eigenvalue weighted by molar-refractivity contribution is -0.147. The van der Waals surface area contributed by atoms with Crippen LogP contribution in [0.2, 0.25) is 0 Å². The summed E-state index contributed by atoms with van der Waals surface area (Å²) in [5, 5.41) is 8.88. The average molecular weight is 363 g/mol. The van der Waals surface area contributed by atoms with Gasteiger partial charge in [0, 0.05) is 19.6 Å². The van der Waals surface area contributed by atoms with E-state index in [0.29, 0.717) is 25.4 Å². The number of rotatable bonds is 8. The van der Waals surface area contributed by atoms with Gasteiger partial charge in [0.15, 0.2) is 0 Å². The summed E-state index contributed by atoms with van der Waals surface area (Å²) in [7, 11) is 0. The van der Waals surface area contributed by atoms with Crippen LogP contribution in [-0.2, 0) is 17.9 Å². The predicted molar refractivity (Wildman–Crippen MR) is 90.3 cm³/mol. The summed E-state index contributed by atoms with van der Waals surface area (Å²) in [6.07, 6.45) is 0. The molecule has 1 N–H and O–H groups in total. The van der Waals surface area contributed by atoms with Gasteiger partial charge in [0.1, 0.15) is 18.1 Å². The van der Waals surface area contributed by atoms with Crippen molar-refractivity contribution >= 4 is 5.97 Å². The predicted octanol–water partition coefficient (Wildman–Crippen LogP) is 3.38. The fraction of sp³-hybridized carbons (Fsp3) is 0.316. The molecule has 1 saturated heterocycles. The van der Waals surface area contributed by atoms with Crippen LogP contribution in [0, 0.1) is 5.92 Å². The number of halogens is 2. The van der Waals surface area contributed by atoms with Crippen LogP contribution in [0.1, 0.15) is 11.1 Å². The van der Waals surface area contributed by atoms with E-state index in [0.717, 1.165) is 17.7 Å². The number of alkyl halides is 2. The second-order valence-electron chi connectivity index (χ2n) is 6.18. The maximum atomic E-state index is 12.1. The number of benzene rings is 2. The smallest absolute Gasteiger partial charge is 0.387 e. The Kier molecular flexibility index (Phi) is 5.68. The van der Waals surface area contributed by atoms with Gasteiger partial charge in [0.25, 0.3) is 0 Å². The molecule has 0 spiro atoms. The third-order valence-electron chi connectivity index (χ3n) is 4.19. The molecule has 2 aromatic rings. The molecule has 2 aromatic carbocycles. The second kappa shape index (κ2) is 8.14. The number of nitrogens with zero attached hydrogens (tertiary/aromatic N) is 1. The van der Waals surface area contributed by atoms with Gasteiger partial charge in [0.2, 0.25) is 0 Å². The zero-order valence-electron chi connectivity index (χ0n) is 14.0. The topological polar surface area (TPSA) is 59.0 Å². The first kappa shape index (κ1) is 18.1. The van der Waals surface area contributed by atoms with E-state index < -0.39 is 12.6 Å². The molecule has 0 unspecified atom stereocenters. The highest BCUT2D eigenvalue weighted by Gasteiger charge is 2.32. The summed E-state index contributed by atoms with van der Waals surface area (Å²) in [6.45, 7) is -0.629. The van der Waals surface area contributed by atoms with Gasteiger partial charge < -0.3 is 14.6 Å². The summed E-state index contributed by atoms with van der Waals surface area (Å²) < 4.78 is 34.2. The van der Waals surface area contributed by atoms with Crippen LogP contribution in [0.3, 0.4) is 0 Å². The molecule has 7 heteroatoms. The molecule has 3 rings (SSSR count). The largest absolute Gasteiger partial charge is 0.489 e. The molecule has 1 aliphatic heterocycles. The Morgan fingerprint density at radius 2 is 1.62 bits per heavy atom. The first-order chi connectivity index (χ1) is 12.5. The molecule has 0 bridgehead atoms. The van der Waals surface area contributed by atoms with Crippen LogP contribution in [0.15, 0.2) is 48.5 Å². The maximum Gasteiger partial charge on any atom is 0.387 e. The number of carboxylic acids is 1. The number of hydrogen-bond donors (Lipinski definition) is 1. The minimum atomic E-state index is -2.83. The van der Waals surface area contributed by atoms with Crippen molar-refractivity contribution in [3.05, 3.63) is 59.7 Å². The molecule has 138 valence electrons. The molecule has 1 heterocycles. The van der Waals surface area contributed by atoms with Crippen molar-refractivity contribution < 1.29 is 28.2 Å². The normalized spacial score (nSPS) is 14.9. The molecule has 0 atom stereocenters. The number of carbonyl (C=O) groups is 1. The van der Waals surface area contributed by atoms with Crippen molar-refractivity contribution in [1.29, 1.82) is 0 Å². The average Bonchev–Trinajstić information content (AvgIpc) is 2.57. The zero-order chi connectivity index (χ0) is 18.5. The Labute approximate surface area is 149 Å². The van der Waals surface area contributed by atoms with Crippen molar-refractivity contribution in [2.75, 3.05) is 13.1 Å². The van der Waals surface area contributed by atoms with E-state index in [1.54, 1.807) is 12.1 Å². The SMILES string of the molecule is O=C(O)C1CN(Cc2ccc(OCc3ccc(OC(F)F)cc3)cc2)C1. The highest BCUT2D eigenvalue weighted by Crippen LogP contribution is 2.21. The molecule has 0 saturated carbocycles. The van der Waals surface area contributed by atoms with Crippen molar-refractivity contribution in [3.63, 3.8) is 0 Å². The second-order valence-corrected chi connectivity index (χ2v) is 6.18. The Hall–Kier alpha value is -2.67. The van der Waals surface area contributed by atoms with Gasteiger partial charge in [0.05, 0.1) is 5.92 Å². The first-order valence-corrected chi connectivity index (χ1v) is 8.20. The van der Waals surface area contributed by atoms with Gasteiger partial charge in [-0.2, -0.15) is 8.78 Å². The van der Waals surface area contributed by atoms with E-state index in [2.05, 4.69) is 9.64 Å². The van der Waals surface area contributed by atoms with Crippen molar-refractivity contribution in [3.8, 4) is 11.5 Å². The lowest BCUT2D eigenvalue weighted by atomic mass is 10.00. The summed E-state index contributed by atoms with van der Waals surface area (Å²) >= 11 is 0. The van der Waals surface area contributed by atoms with Crippen molar-refractivity contribution in [2.45, 2.75) is 19.8 Å². The molecule has 0 radical (unpaired) electrons. The summed E-state index contributed by atoms with van der Waals surface area (Å²) in [4.78, 5) is 12.9. The molecular formula is C19H19F2NO4. The number of ether oxygens (including phenoxy) is 2. The summed E-state index contributed by atoms with van der Waals surface area (Å²) in [6, 6.07) is 13.9. The minimum Gasteiger partial charge on any atom is -0.489 e. The third kappa shape index (κ3) is 4.92. The Bertz CT molecular complexity index is 728. The van der Waals surface area contributed by atoms with Crippen LogP contribution in [0.5, 0.6) is 11.5 Å². The third-order valence-corrected chi connectivity index (χ3v) is 4.19. The van der Waals surface area contributed by atoms with E-state index in [4.69, 9.17) is 9.84 Å². The molecule has 0 aliphatic carbocycles. The minimum absolute atomic E-state index is 0.115. The Morgan fingerprint density at radius 3 is 2.19 bits per heavy atom. The molecule has 26 heavy (non-hydrogen) atoms. The molecular weight excluding hydrogens is 344 g/mol. The van der Waals surface area contributed by atoms with E-state index in [1.165, 1.54) is 12.1 Å². The molecule has 1 aliphatic rings. The monoisotopic (exact) mass is 363 g/mol. The lowest BCUT2D eigenvalue weighted by Gasteiger charge is -2.36. The number of carboxylic acid groups (broad SMARTS) is 1. The fourth-order valence-corrected chi connectivity index (χ4v) is 2.74. The van der Waals surface area contributed by atoms with E-state index in [-0.39, 0.29) is 11.7 Å². The standard InChI is InChI=1S/C19H19F2NO4/c20-19(21)26-17-7-3-14(4-8-17)12-25-16-5-1-13(2-6-16)9-22-10-15(11-22)18(23)24/h1-8,15,19H,9-12H2,(H,23,24). The maximum absolute atomic E-state index is 12.1. The van der Waals surface area contributed by atoms with Crippen LogP contribution in [0.4, 0.5) is 8.78 Å². The van der Waals surface area contributed by atoms with E-state index >= 15 is 0 Å². The molecule has 0 amide bonds. The lowest BCUT2D eigenvalue weighted by Crippen LogP contribution is -2.49.